The second-order valence-electron chi connectivity index (χ2n) is 8.37. The molecule has 2 aromatic carbocycles. The maximum Gasteiger partial charge on any atom is 0.282 e. The zero-order valence-electron chi connectivity index (χ0n) is 18.3. The van der Waals surface area contributed by atoms with Crippen molar-refractivity contribution in [3.63, 3.8) is 0 Å². The summed E-state index contributed by atoms with van der Waals surface area (Å²) in [7, 11) is 0. The Bertz CT molecular complexity index is 1630. The molecule has 8 heteroatoms. The average Bonchev–Trinajstić information content (AvgIpc) is 3.09. The summed E-state index contributed by atoms with van der Waals surface area (Å²) in [6.45, 7) is 1.70. The summed E-state index contributed by atoms with van der Waals surface area (Å²) in [5.74, 6) is 0.573. The number of nitrogen functional groups attached to an aromatic ring is 1. The van der Waals surface area contributed by atoms with Crippen LogP contribution in [-0.4, -0.2) is 20.1 Å². The highest BCUT2D eigenvalue weighted by molar-refractivity contribution is 6.35. The molecule has 168 valence electrons. The molecular weight excluding hydrogens is 450 g/mol. The Labute approximate surface area is 200 Å². The van der Waals surface area contributed by atoms with E-state index in [-0.39, 0.29) is 16.3 Å². The third kappa shape index (κ3) is 2.87. The maximum absolute atomic E-state index is 14.0. The lowest BCUT2D eigenvalue weighted by Gasteiger charge is -2.23. The summed E-state index contributed by atoms with van der Waals surface area (Å²) in [5, 5.41) is 1.88. The number of fused-ring (bicyclic) bond motifs is 1. The van der Waals surface area contributed by atoms with Crippen molar-refractivity contribution in [3.8, 4) is 0 Å². The van der Waals surface area contributed by atoms with E-state index in [1.807, 2.05) is 47.0 Å². The Hall–Kier alpha value is -4.10. The minimum Gasteiger partial charge on any atom is -0.385 e. The molecule has 7 nitrogen and oxygen atoms in total. The Morgan fingerprint density at radius 2 is 1.85 bits per heavy atom. The van der Waals surface area contributed by atoms with E-state index in [9.17, 15) is 9.59 Å². The van der Waals surface area contributed by atoms with Crippen molar-refractivity contribution in [3.05, 3.63) is 105 Å². The third-order valence-electron chi connectivity index (χ3n) is 6.32. The van der Waals surface area contributed by atoms with Crippen LogP contribution in [0.1, 0.15) is 29.1 Å². The normalized spacial score (nSPS) is 15.1. The fourth-order valence-electron chi connectivity index (χ4n) is 4.85. The SMILES string of the molecule is Cc1nc2cccc(Cl)c2c(=O)n1N1C=C(c2ccccc2)n2c(N)cc3c2C(=CCC3)C1=O. The van der Waals surface area contributed by atoms with Gasteiger partial charge in [0.2, 0.25) is 0 Å². The fraction of sp³-hybridized carbons (Fsp3) is 0.115. The van der Waals surface area contributed by atoms with E-state index < -0.39 is 5.56 Å². The second-order valence-corrected chi connectivity index (χ2v) is 8.78. The number of aryl methyl sites for hydroxylation is 2. The van der Waals surface area contributed by atoms with Crippen LogP contribution in [0.2, 0.25) is 5.02 Å². The molecule has 0 saturated carbocycles. The number of benzene rings is 2. The Morgan fingerprint density at radius 3 is 2.65 bits per heavy atom. The Balaban J connectivity index is 1.70. The molecule has 0 atom stereocenters. The van der Waals surface area contributed by atoms with Gasteiger partial charge in [-0.1, -0.05) is 54.1 Å². The lowest BCUT2D eigenvalue weighted by Crippen LogP contribution is -2.44. The average molecular weight is 470 g/mol. The highest BCUT2D eigenvalue weighted by Crippen LogP contribution is 2.38. The number of anilines is 1. The van der Waals surface area contributed by atoms with E-state index in [0.717, 1.165) is 23.2 Å². The molecule has 34 heavy (non-hydrogen) atoms. The van der Waals surface area contributed by atoms with Gasteiger partial charge >= 0.3 is 0 Å². The first-order valence-corrected chi connectivity index (χ1v) is 11.3. The van der Waals surface area contributed by atoms with Gasteiger partial charge in [-0.05, 0) is 43.5 Å². The number of hydrogen-bond acceptors (Lipinski definition) is 4. The molecule has 0 spiro atoms. The third-order valence-corrected chi connectivity index (χ3v) is 6.64. The lowest BCUT2D eigenvalue weighted by atomic mass is 9.96. The molecule has 2 N–H and O–H groups in total. The number of amides is 1. The van der Waals surface area contributed by atoms with Crippen LogP contribution in [-0.2, 0) is 11.2 Å². The van der Waals surface area contributed by atoms with Crippen LogP contribution in [0.15, 0.2) is 71.7 Å². The molecule has 0 fully saturated rings. The molecule has 6 rings (SSSR count). The smallest absolute Gasteiger partial charge is 0.282 e. The molecule has 2 aliphatic rings. The molecule has 4 aromatic rings. The number of aromatic nitrogens is 3. The number of halogens is 1. The summed E-state index contributed by atoms with van der Waals surface area (Å²) < 4.78 is 3.19. The van der Waals surface area contributed by atoms with E-state index in [1.165, 1.54) is 9.69 Å². The standard InChI is InChI=1S/C26H20ClN5O2/c1-15-29-20-12-6-11-19(27)23(20)26(34)32(15)30-14-21(16-7-3-2-4-8-16)31-22(28)13-17-9-5-10-18(24(17)31)25(30)33/h2-4,6-8,10-14H,5,9,28H2,1H3. The largest absolute Gasteiger partial charge is 0.385 e. The van der Waals surface area contributed by atoms with E-state index >= 15 is 0 Å². The summed E-state index contributed by atoms with van der Waals surface area (Å²) in [6.07, 6.45) is 5.07. The van der Waals surface area contributed by atoms with Crippen molar-refractivity contribution >= 4 is 45.5 Å². The predicted molar refractivity (Wildman–Crippen MR) is 134 cm³/mol. The number of carbonyl (C=O) groups is 1. The van der Waals surface area contributed by atoms with Crippen molar-refractivity contribution in [2.45, 2.75) is 19.8 Å². The van der Waals surface area contributed by atoms with Crippen molar-refractivity contribution in [1.29, 1.82) is 0 Å². The van der Waals surface area contributed by atoms with Crippen LogP contribution in [0.3, 0.4) is 0 Å². The molecule has 2 aromatic heterocycles. The number of nitrogens with zero attached hydrogens (tertiary/aromatic N) is 4. The van der Waals surface area contributed by atoms with Crippen LogP contribution in [0, 0.1) is 6.92 Å². The van der Waals surface area contributed by atoms with E-state index in [1.54, 1.807) is 31.3 Å². The lowest BCUT2D eigenvalue weighted by molar-refractivity contribution is -0.114. The fourth-order valence-corrected chi connectivity index (χ4v) is 5.10. The molecule has 1 amide bonds. The van der Waals surface area contributed by atoms with Crippen molar-refractivity contribution in [1.82, 2.24) is 14.2 Å². The zero-order valence-corrected chi connectivity index (χ0v) is 19.1. The van der Waals surface area contributed by atoms with Gasteiger partial charge in [0.1, 0.15) is 11.6 Å². The van der Waals surface area contributed by atoms with Gasteiger partial charge in [-0.2, -0.15) is 4.68 Å². The van der Waals surface area contributed by atoms with Crippen LogP contribution in [0.5, 0.6) is 0 Å². The topological polar surface area (TPSA) is 86.2 Å². The molecule has 0 bridgehead atoms. The summed E-state index contributed by atoms with van der Waals surface area (Å²) >= 11 is 6.38. The van der Waals surface area contributed by atoms with Crippen molar-refractivity contribution < 1.29 is 4.79 Å². The van der Waals surface area contributed by atoms with Gasteiger partial charge in [0, 0.05) is 5.56 Å². The molecule has 0 saturated heterocycles. The van der Waals surface area contributed by atoms with Crippen LogP contribution in [0.25, 0.3) is 22.2 Å². The number of hydrogen-bond donors (Lipinski definition) is 1. The van der Waals surface area contributed by atoms with Gasteiger partial charge in [-0.25, -0.2) is 9.99 Å². The summed E-state index contributed by atoms with van der Waals surface area (Å²) in [4.78, 5) is 32.2. The number of rotatable bonds is 2. The molecule has 1 aliphatic heterocycles. The van der Waals surface area contributed by atoms with Gasteiger partial charge in [0.15, 0.2) is 0 Å². The van der Waals surface area contributed by atoms with Gasteiger partial charge in [-0.15, -0.1) is 0 Å². The van der Waals surface area contributed by atoms with Crippen LogP contribution >= 0.6 is 11.6 Å². The zero-order chi connectivity index (χ0) is 23.6. The maximum atomic E-state index is 14.0. The minimum absolute atomic E-state index is 0.263. The first-order valence-electron chi connectivity index (χ1n) is 11.0. The van der Waals surface area contributed by atoms with Gasteiger partial charge in [0.25, 0.3) is 11.5 Å². The highest BCUT2D eigenvalue weighted by atomic mass is 35.5. The second kappa shape index (κ2) is 7.46. The van der Waals surface area contributed by atoms with Crippen molar-refractivity contribution in [2.24, 2.45) is 0 Å². The van der Waals surface area contributed by atoms with Crippen LogP contribution in [0.4, 0.5) is 5.82 Å². The van der Waals surface area contributed by atoms with Crippen LogP contribution < -0.4 is 16.3 Å². The summed E-state index contributed by atoms with van der Waals surface area (Å²) in [5.41, 5.74) is 10.4. The molecule has 3 heterocycles. The first kappa shape index (κ1) is 20.5. The Kier molecular flexibility index (Phi) is 4.50. The molecule has 1 aliphatic carbocycles. The number of allylic oxidation sites excluding steroid dienone is 1. The quantitative estimate of drug-likeness (QED) is 0.479. The molecular formula is C26H20ClN5O2. The Morgan fingerprint density at radius 1 is 1.06 bits per heavy atom. The number of carbonyl (C=O) groups excluding carboxylic acids is 1. The minimum atomic E-state index is -0.415. The van der Waals surface area contributed by atoms with Gasteiger partial charge in [0.05, 0.1) is 39.1 Å². The van der Waals surface area contributed by atoms with E-state index in [0.29, 0.717) is 34.8 Å². The number of nitrogens with two attached hydrogens (primary N) is 1. The van der Waals surface area contributed by atoms with Crippen molar-refractivity contribution in [2.75, 3.05) is 10.7 Å². The first-order chi connectivity index (χ1) is 16.5. The molecule has 0 unspecified atom stereocenters. The highest BCUT2D eigenvalue weighted by Gasteiger charge is 2.34. The monoisotopic (exact) mass is 469 g/mol. The van der Waals surface area contributed by atoms with E-state index in [2.05, 4.69) is 4.98 Å². The summed E-state index contributed by atoms with van der Waals surface area (Å²) in [6, 6.07) is 16.7. The van der Waals surface area contributed by atoms with Gasteiger partial charge in [-0.3, -0.25) is 14.2 Å². The van der Waals surface area contributed by atoms with Gasteiger partial charge < -0.3 is 5.73 Å². The molecule has 0 radical (unpaired) electrons. The van der Waals surface area contributed by atoms with E-state index in [4.69, 9.17) is 17.3 Å². The predicted octanol–water partition coefficient (Wildman–Crippen LogP) is 4.10.